The van der Waals surface area contributed by atoms with Crippen LogP contribution < -0.4 is 0 Å². The molecular formula is C21H23N3. The lowest BCUT2D eigenvalue weighted by atomic mass is 9.89. The second kappa shape index (κ2) is 6.62. The van der Waals surface area contributed by atoms with Crippen molar-refractivity contribution in [3.05, 3.63) is 77.6 Å². The zero-order valence-corrected chi connectivity index (χ0v) is 14.1. The third-order valence-electron chi connectivity index (χ3n) is 5.11. The number of aromatic amines is 1. The molecule has 0 saturated heterocycles. The van der Waals surface area contributed by atoms with Gasteiger partial charge in [-0.25, -0.2) is 4.98 Å². The normalized spacial score (nSPS) is 17.0. The fourth-order valence-electron chi connectivity index (χ4n) is 3.60. The Morgan fingerprint density at radius 3 is 2.83 bits per heavy atom. The highest BCUT2D eigenvalue weighted by atomic mass is 15.1. The summed E-state index contributed by atoms with van der Waals surface area (Å²) in [5.41, 5.74) is 5.31. The smallest absolute Gasteiger partial charge is 0.137 e. The number of nitrogens with zero attached hydrogens (tertiary/aromatic N) is 2. The highest BCUT2D eigenvalue weighted by molar-refractivity contribution is 5.79. The van der Waals surface area contributed by atoms with E-state index in [0.29, 0.717) is 5.92 Å². The third-order valence-corrected chi connectivity index (χ3v) is 5.11. The number of hydrogen-bond acceptors (Lipinski definition) is 2. The minimum atomic E-state index is 0.519. The third kappa shape index (κ3) is 3.00. The minimum Gasteiger partial charge on any atom is -0.346 e. The molecule has 0 bridgehead atoms. The van der Waals surface area contributed by atoms with E-state index in [4.69, 9.17) is 0 Å². The SMILES string of the molecule is CC(C1=CCN(Cc2c[nH]c3ncccc23)CC1)c1ccccc1. The van der Waals surface area contributed by atoms with Crippen molar-refractivity contribution in [1.82, 2.24) is 14.9 Å². The number of H-pyrrole nitrogens is 1. The maximum atomic E-state index is 4.38. The predicted molar refractivity (Wildman–Crippen MR) is 98.9 cm³/mol. The molecule has 1 atom stereocenters. The van der Waals surface area contributed by atoms with Gasteiger partial charge >= 0.3 is 0 Å². The molecule has 24 heavy (non-hydrogen) atoms. The molecule has 1 N–H and O–H groups in total. The first-order valence-corrected chi connectivity index (χ1v) is 8.68. The molecular weight excluding hydrogens is 294 g/mol. The summed E-state index contributed by atoms with van der Waals surface area (Å²) in [6.07, 6.45) is 7.51. The number of nitrogens with one attached hydrogen (secondary N) is 1. The second-order valence-corrected chi connectivity index (χ2v) is 6.61. The number of fused-ring (bicyclic) bond motifs is 1. The number of aromatic nitrogens is 2. The van der Waals surface area contributed by atoms with E-state index in [-0.39, 0.29) is 0 Å². The van der Waals surface area contributed by atoms with E-state index in [1.54, 1.807) is 5.57 Å². The topological polar surface area (TPSA) is 31.9 Å². The Labute approximate surface area is 143 Å². The van der Waals surface area contributed by atoms with E-state index in [2.05, 4.69) is 70.5 Å². The summed E-state index contributed by atoms with van der Waals surface area (Å²) in [7, 11) is 0. The van der Waals surface area contributed by atoms with Crippen molar-refractivity contribution in [2.45, 2.75) is 25.8 Å². The van der Waals surface area contributed by atoms with Crippen molar-refractivity contribution < 1.29 is 0 Å². The monoisotopic (exact) mass is 317 g/mol. The van der Waals surface area contributed by atoms with Crippen LogP contribution in [0.3, 0.4) is 0 Å². The molecule has 1 unspecified atom stereocenters. The van der Waals surface area contributed by atoms with Gasteiger partial charge in [0.05, 0.1) is 0 Å². The Morgan fingerprint density at radius 1 is 1.17 bits per heavy atom. The van der Waals surface area contributed by atoms with Crippen LogP contribution in [0.5, 0.6) is 0 Å². The summed E-state index contributed by atoms with van der Waals surface area (Å²) < 4.78 is 0. The molecule has 3 heterocycles. The molecule has 0 saturated carbocycles. The number of benzene rings is 1. The number of rotatable bonds is 4. The summed E-state index contributed by atoms with van der Waals surface area (Å²) in [6.45, 7) is 5.45. The molecule has 0 aliphatic carbocycles. The van der Waals surface area contributed by atoms with Gasteiger partial charge in [0.25, 0.3) is 0 Å². The number of pyridine rings is 1. The summed E-state index contributed by atoms with van der Waals surface area (Å²) in [5, 5.41) is 1.24. The van der Waals surface area contributed by atoms with Gasteiger partial charge in [0.1, 0.15) is 5.65 Å². The quantitative estimate of drug-likeness (QED) is 0.719. The van der Waals surface area contributed by atoms with Crippen molar-refractivity contribution in [3.8, 4) is 0 Å². The molecule has 2 aromatic heterocycles. The van der Waals surface area contributed by atoms with Crippen molar-refractivity contribution in [3.63, 3.8) is 0 Å². The lowest BCUT2D eigenvalue weighted by Crippen LogP contribution is -2.29. The zero-order valence-electron chi connectivity index (χ0n) is 14.1. The molecule has 1 aromatic carbocycles. The molecule has 1 aliphatic heterocycles. The van der Waals surface area contributed by atoms with Crippen LogP contribution in [0.15, 0.2) is 66.5 Å². The molecule has 122 valence electrons. The highest BCUT2D eigenvalue weighted by Gasteiger charge is 2.18. The van der Waals surface area contributed by atoms with Crippen LogP contribution in [0.1, 0.15) is 30.4 Å². The summed E-state index contributed by atoms with van der Waals surface area (Å²) in [5.74, 6) is 0.519. The first kappa shape index (κ1) is 15.2. The maximum Gasteiger partial charge on any atom is 0.137 e. The summed E-state index contributed by atoms with van der Waals surface area (Å²) in [4.78, 5) is 10.2. The predicted octanol–water partition coefficient (Wildman–Crippen LogP) is 4.50. The molecule has 4 rings (SSSR count). The van der Waals surface area contributed by atoms with Crippen LogP contribution in [0, 0.1) is 0 Å². The van der Waals surface area contributed by atoms with Crippen LogP contribution in [0.4, 0.5) is 0 Å². The van der Waals surface area contributed by atoms with Gasteiger partial charge in [-0.05, 0) is 29.7 Å². The number of hydrogen-bond donors (Lipinski definition) is 1. The maximum absolute atomic E-state index is 4.38. The molecule has 3 heteroatoms. The average molecular weight is 317 g/mol. The summed E-state index contributed by atoms with van der Waals surface area (Å²) >= 11 is 0. The summed E-state index contributed by atoms with van der Waals surface area (Å²) in [6, 6.07) is 15.0. The average Bonchev–Trinajstić information content (AvgIpc) is 3.06. The molecule has 0 spiro atoms. The fraction of sp³-hybridized carbons (Fsp3) is 0.286. The minimum absolute atomic E-state index is 0.519. The van der Waals surface area contributed by atoms with Gasteiger partial charge in [0, 0.05) is 43.3 Å². The Hall–Kier alpha value is -2.39. The van der Waals surface area contributed by atoms with Crippen molar-refractivity contribution in [2.75, 3.05) is 13.1 Å². The van der Waals surface area contributed by atoms with E-state index in [9.17, 15) is 0 Å². The van der Waals surface area contributed by atoms with Gasteiger partial charge in [0.2, 0.25) is 0 Å². The van der Waals surface area contributed by atoms with Gasteiger partial charge in [-0.15, -0.1) is 0 Å². The fourth-order valence-corrected chi connectivity index (χ4v) is 3.60. The van der Waals surface area contributed by atoms with Gasteiger partial charge in [0.15, 0.2) is 0 Å². The molecule has 0 fully saturated rings. The van der Waals surface area contributed by atoms with Crippen molar-refractivity contribution in [2.24, 2.45) is 0 Å². The zero-order chi connectivity index (χ0) is 16.4. The van der Waals surface area contributed by atoms with Crippen LogP contribution in [0.2, 0.25) is 0 Å². The van der Waals surface area contributed by atoms with Crippen LogP contribution in [-0.2, 0) is 6.54 Å². The molecule has 3 nitrogen and oxygen atoms in total. The lowest BCUT2D eigenvalue weighted by molar-refractivity contribution is 0.284. The van der Waals surface area contributed by atoms with E-state index < -0.39 is 0 Å². The van der Waals surface area contributed by atoms with E-state index in [1.807, 2.05) is 12.3 Å². The molecule has 0 amide bonds. The Morgan fingerprint density at radius 2 is 2.04 bits per heavy atom. The highest BCUT2D eigenvalue weighted by Crippen LogP contribution is 2.29. The first-order chi connectivity index (χ1) is 11.8. The van der Waals surface area contributed by atoms with Gasteiger partial charge in [-0.3, -0.25) is 4.90 Å². The van der Waals surface area contributed by atoms with Crippen molar-refractivity contribution >= 4 is 11.0 Å². The van der Waals surface area contributed by atoms with Gasteiger partial charge in [-0.1, -0.05) is 48.9 Å². The molecule has 0 radical (unpaired) electrons. The van der Waals surface area contributed by atoms with Crippen molar-refractivity contribution in [1.29, 1.82) is 0 Å². The Kier molecular flexibility index (Phi) is 4.18. The van der Waals surface area contributed by atoms with E-state index in [0.717, 1.165) is 31.7 Å². The Balaban J connectivity index is 1.45. The molecule has 1 aliphatic rings. The molecule has 3 aromatic rings. The van der Waals surface area contributed by atoms with E-state index in [1.165, 1.54) is 16.5 Å². The van der Waals surface area contributed by atoms with E-state index >= 15 is 0 Å². The van der Waals surface area contributed by atoms with Crippen LogP contribution in [0.25, 0.3) is 11.0 Å². The van der Waals surface area contributed by atoms with Crippen LogP contribution >= 0.6 is 0 Å². The standard InChI is InChI=1S/C21H23N3/c1-16(17-6-3-2-4-7-17)18-9-12-24(13-10-18)15-19-14-23-21-20(19)8-5-11-22-21/h2-9,11,14,16H,10,12-13,15H2,1H3,(H,22,23). The lowest BCUT2D eigenvalue weighted by Gasteiger charge is -2.28. The van der Waals surface area contributed by atoms with Crippen LogP contribution in [-0.4, -0.2) is 28.0 Å². The Bertz CT molecular complexity index is 848. The second-order valence-electron chi connectivity index (χ2n) is 6.61. The largest absolute Gasteiger partial charge is 0.346 e. The van der Waals surface area contributed by atoms with Gasteiger partial charge in [-0.2, -0.15) is 0 Å². The van der Waals surface area contributed by atoms with Gasteiger partial charge < -0.3 is 4.98 Å². The first-order valence-electron chi connectivity index (χ1n) is 8.68.